The summed E-state index contributed by atoms with van der Waals surface area (Å²) in [7, 11) is -1.33. The Morgan fingerprint density at radius 1 is 1.46 bits per heavy atom. The smallest absolute Gasteiger partial charge is 0.252 e. The lowest BCUT2D eigenvalue weighted by Crippen LogP contribution is -2.36. The number of sulfone groups is 1. The van der Waals surface area contributed by atoms with Crippen molar-refractivity contribution in [2.45, 2.75) is 25.8 Å². The average Bonchev–Trinajstić information content (AvgIpc) is 2.92. The van der Waals surface area contributed by atoms with Crippen LogP contribution in [-0.2, 0) is 14.6 Å². The van der Waals surface area contributed by atoms with Gasteiger partial charge in [-0.1, -0.05) is 0 Å². The monoisotopic (exact) mass is 355 g/mol. The third-order valence-corrected chi connectivity index (χ3v) is 5.87. The fourth-order valence-electron chi connectivity index (χ4n) is 2.90. The van der Waals surface area contributed by atoms with Gasteiger partial charge in [0.15, 0.2) is 9.84 Å². The highest BCUT2D eigenvalue weighted by molar-refractivity contribution is 7.91. The molecule has 1 amide bonds. The van der Waals surface area contributed by atoms with Crippen LogP contribution >= 0.6 is 0 Å². The summed E-state index contributed by atoms with van der Waals surface area (Å²) in [5.41, 5.74) is 1.26. The zero-order valence-electron chi connectivity index (χ0n) is 14.2. The van der Waals surface area contributed by atoms with Crippen LogP contribution in [-0.4, -0.2) is 63.7 Å². The van der Waals surface area contributed by atoms with Crippen LogP contribution in [0.25, 0.3) is 0 Å². The molecule has 1 aliphatic heterocycles. The number of hydrogen-bond donors (Lipinski definition) is 1. The zero-order valence-corrected chi connectivity index (χ0v) is 15.0. The number of carbonyl (C=O) groups excluding carboxylic acids is 1. The van der Waals surface area contributed by atoms with Gasteiger partial charge in [-0.15, -0.1) is 0 Å². The molecule has 1 aliphatic rings. The summed E-state index contributed by atoms with van der Waals surface area (Å²) < 4.78 is 28.4. The minimum absolute atomic E-state index is 0.0539. The molecule has 1 atom stereocenters. The molecule has 1 N–H and O–H groups in total. The Balaban J connectivity index is 2.06. The van der Waals surface area contributed by atoms with Crippen LogP contribution in [0.4, 0.5) is 5.69 Å². The van der Waals surface area contributed by atoms with Crippen molar-refractivity contribution in [3.05, 3.63) is 24.0 Å². The molecule has 1 saturated heterocycles. The van der Waals surface area contributed by atoms with Gasteiger partial charge >= 0.3 is 0 Å². The summed E-state index contributed by atoms with van der Waals surface area (Å²) in [5, 5.41) is 2.83. The van der Waals surface area contributed by atoms with Crippen molar-refractivity contribution in [1.29, 1.82) is 0 Å². The van der Waals surface area contributed by atoms with E-state index in [1.54, 1.807) is 19.4 Å². The van der Waals surface area contributed by atoms with E-state index < -0.39 is 9.84 Å². The summed E-state index contributed by atoms with van der Waals surface area (Å²) in [4.78, 5) is 18.4. The van der Waals surface area contributed by atoms with Gasteiger partial charge in [-0.25, -0.2) is 8.42 Å². The quantitative estimate of drug-likeness (QED) is 0.696. The first-order chi connectivity index (χ1) is 11.5. The normalized spacial score (nSPS) is 19.2. The molecule has 134 valence electrons. The summed E-state index contributed by atoms with van der Waals surface area (Å²) in [6.07, 6.45) is 4.56. The van der Waals surface area contributed by atoms with Crippen LogP contribution in [0.1, 0.15) is 30.1 Å². The lowest BCUT2D eigenvalue weighted by atomic mass is 10.1. The SMILES string of the molecule is CCN(c1cncc(C(=O)NCCCOC)c1)C1CCS(=O)(=O)C1. The summed E-state index contributed by atoms with van der Waals surface area (Å²) in [6, 6.07) is 1.72. The van der Waals surface area contributed by atoms with Gasteiger partial charge in [-0.3, -0.25) is 9.78 Å². The van der Waals surface area contributed by atoms with Crippen molar-refractivity contribution in [2.24, 2.45) is 0 Å². The van der Waals surface area contributed by atoms with Crippen LogP contribution in [0, 0.1) is 0 Å². The second-order valence-electron chi connectivity index (χ2n) is 5.88. The first kappa shape index (κ1) is 18.7. The van der Waals surface area contributed by atoms with E-state index in [1.807, 2.05) is 11.8 Å². The Hall–Kier alpha value is -1.67. The molecular weight excluding hydrogens is 330 g/mol. The number of pyridine rings is 1. The molecule has 1 aromatic heterocycles. The number of anilines is 1. The Labute approximate surface area is 143 Å². The van der Waals surface area contributed by atoms with E-state index in [0.717, 1.165) is 12.1 Å². The predicted molar refractivity (Wildman–Crippen MR) is 93.1 cm³/mol. The molecule has 0 bridgehead atoms. The molecule has 1 aromatic rings. The standard InChI is InChI=1S/C16H25N3O4S/c1-3-19(14-5-8-24(21,22)12-14)15-9-13(10-17-11-15)16(20)18-6-4-7-23-2/h9-11,14H,3-8,12H2,1-2H3,(H,18,20). The van der Waals surface area contributed by atoms with Gasteiger partial charge in [0.2, 0.25) is 0 Å². The van der Waals surface area contributed by atoms with Gasteiger partial charge in [0.1, 0.15) is 0 Å². The van der Waals surface area contributed by atoms with Gasteiger partial charge in [0.25, 0.3) is 5.91 Å². The van der Waals surface area contributed by atoms with Crippen LogP contribution in [0.2, 0.25) is 0 Å². The molecule has 2 rings (SSSR count). The van der Waals surface area contributed by atoms with Crippen LogP contribution in [0.5, 0.6) is 0 Å². The first-order valence-electron chi connectivity index (χ1n) is 8.16. The molecule has 0 saturated carbocycles. The number of amides is 1. The molecule has 24 heavy (non-hydrogen) atoms. The Bertz CT molecular complexity index is 663. The Morgan fingerprint density at radius 3 is 2.88 bits per heavy atom. The lowest BCUT2D eigenvalue weighted by Gasteiger charge is -2.29. The maximum Gasteiger partial charge on any atom is 0.252 e. The van der Waals surface area contributed by atoms with Gasteiger partial charge in [-0.05, 0) is 25.8 Å². The number of methoxy groups -OCH3 is 1. The van der Waals surface area contributed by atoms with Crippen molar-refractivity contribution in [3.8, 4) is 0 Å². The average molecular weight is 355 g/mol. The van der Waals surface area contributed by atoms with Crippen molar-refractivity contribution in [1.82, 2.24) is 10.3 Å². The van der Waals surface area contributed by atoms with E-state index in [2.05, 4.69) is 10.3 Å². The zero-order chi connectivity index (χ0) is 17.6. The van der Waals surface area contributed by atoms with Gasteiger partial charge < -0.3 is 15.0 Å². The minimum atomic E-state index is -2.96. The van der Waals surface area contributed by atoms with Crippen molar-refractivity contribution < 1.29 is 17.9 Å². The van der Waals surface area contributed by atoms with Crippen LogP contribution in [0.15, 0.2) is 18.5 Å². The van der Waals surface area contributed by atoms with E-state index in [4.69, 9.17) is 4.74 Å². The molecule has 0 radical (unpaired) electrons. The number of nitrogens with zero attached hydrogens (tertiary/aromatic N) is 2. The van der Waals surface area contributed by atoms with Crippen molar-refractivity contribution in [2.75, 3.05) is 43.2 Å². The fourth-order valence-corrected chi connectivity index (χ4v) is 4.63. The molecule has 1 unspecified atom stereocenters. The largest absolute Gasteiger partial charge is 0.385 e. The molecule has 0 aliphatic carbocycles. The van der Waals surface area contributed by atoms with Gasteiger partial charge in [0.05, 0.1) is 29.0 Å². The first-order valence-corrected chi connectivity index (χ1v) is 9.98. The lowest BCUT2D eigenvalue weighted by molar-refractivity contribution is 0.0948. The van der Waals surface area contributed by atoms with E-state index in [9.17, 15) is 13.2 Å². The number of ether oxygens (including phenoxy) is 1. The topological polar surface area (TPSA) is 88.6 Å². The van der Waals surface area contributed by atoms with E-state index in [0.29, 0.717) is 31.7 Å². The van der Waals surface area contributed by atoms with E-state index >= 15 is 0 Å². The van der Waals surface area contributed by atoms with Crippen LogP contribution in [0.3, 0.4) is 0 Å². The highest BCUT2D eigenvalue weighted by atomic mass is 32.2. The molecule has 0 spiro atoms. The van der Waals surface area contributed by atoms with Crippen molar-refractivity contribution in [3.63, 3.8) is 0 Å². The van der Waals surface area contributed by atoms with E-state index in [1.165, 1.54) is 6.20 Å². The summed E-state index contributed by atoms with van der Waals surface area (Å²) >= 11 is 0. The van der Waals surface area contributed by atoms with Crippen molar-refractivity contribution >= 4 is 21.4 Å². The number of hydrogen-bond acceptors (Lipinski definition) is 6. The Kier molecular flexibility index (Phi) is 6.56. The highest BCUT2D eigenvalue weighted by Crippen LogP contribution is 2.24. The third kappa shape index (κ3) is 4.91. The summed E-state index contributed by atoms with van der Waals surface area (Å²) in [5.74, 6) is 0.200. The number of nitrogens with one attached hydrogen (secondary N) is 1. The fraction of sp³-hybridized carbons (Fsp3) is 0.625. The maximum absolute atomic E-state index is 12.2. The summed E-state index contributed by atoms with van der Waals surface area (Å²) in [6.45, 7) is 3.77. The van der Waals surface area contributed by atoms with Crippen LogP contribution < -0.4 is 10.2 Å². The second kappa shape index (κ2) is 8.43. The molecule has 0 aromatic carbocycles. The van der Waals surface area contributed by atoms with Gasteiger partial charge in [0, 0.05) is 39.0 Å². The molecule has 7 nitrogen and oxygen atoms in total. The minimum Gasteiger partial charge on any atom is -0.385 e. The number of rotatable bonds is 8. The molecule has 2 heterocycles. The molecular formula is C16H25N3O4S. The molecule has 8 heteroatoms. The highest BCUT2D eigenvalue weighted by Gasteiger charge is 2.32. The Morgan fingerprint density at radius 2 is 2.25 bits per heavy atom. The second-order valence-corrected chi connectivity index (χ2v) is 8.11. The predicted octanol–water partition coefficient (Wildman–Crippen LogP) is 0.861. The molecule has 1 fully saturated rings. The number of carbonyl (C=O) groups is 1. The van der Waals surface area contributed by atoms with Gasteiger partial charge in [-0.2, -0.15) is 0 Å². The maximum atomic E-state index is 12.2. The third-order valence-electron chi connectivity index (χ3n) is 4.12. The number of aromatic nitrogens is 1. The van der Waals surface area contributed by atoms with E-state index in [-0.39, 0.29) is 23.5 Å².